The van der Waals surface area contributed by atoms with E-state index in [1.807, 2.05) is 20.8 Å². The van der Waals surface area contributed by atoms with Crippen molar-refractivity contribution in [3.05, 3.63) is 42.5 Å². The molecule has 0 saturated carbocycles. The number of aliphatic hydroxyl groups is 1. The monoisotopic (exact) mass is 367 g/mol. The Morgan fingerprint density at radius 3 is 2.54 bits per heavy atom. The van der Waals surface area contributed by atoms with Crippen molar-refractivity contribution in [1.82, 2.24) is 14.8 Å². The number of nitrogens with zero attached hydrogens (tertiary/aromatic N) is 3. The van der Waals surface area contributed by atoms with E-state index in [-0.39, 0.29) is 11.2 Å². The van der Waals surface area contributed by atoms with Crippen molar-refractivity contribution < 1.29 is 18.6 Å². The van der Waals surface area contributed by atoms with Crippen LogP contribution in [0.5, 0.6) is 5.75 Å². The Hall–Kier alpha value is -2.02. The standard InChI is InChI=1S/C19H27F2N3O2/c1-18(2,3)19(25,12-24-14-22-13-23-24)9-5-4-6-10-26-17-8-7-15(20)11-16(17)21/h7-8,11,13-14,25H,4-6,9-10,12H2,1-3H3. The molecule has 0 bridgehead atoms. The predicted octanol–water partition coefficient (Wildman–Crippen LogP) is 3.97. The Morgan fingerprint density at radius 2 is 1.92 bits per heavy atom. The van der Waals surface area contributed by atoms with E-state index in [0.29, 0.717) is 19.6 Å². The Labute approximate surface area is 153 Å². The fourth-order valence-electron chi connectivity index (χ4n) is 2.74. The van der Waals surface area contributed by atoms with Crippen LogP contribution in [0.25, 0.3) is 0 Å². The molecule has 0 spiro atoms. The van der Waals surface area contributed by atoms with Crippen LogP contribution in [0.3, 0.4) is 0 Å². The molecule has 5 nitrogen and oxygen atoms in total. The van der Waals surface area contributed by atoms with Gasteiger partial charge in [0.2, 0.25) is 0 Å². The van der Waals surface area contributed by atoms with Crippen molar-refractivity contribution in [2.45, 2.75) is 58.6 Å². The van der Waals surface area contributed by atoms with Crippen molar-refractivity contribution in [1.29, 1.82) is 0 Å². The summed E-state index contributed by atoms with van der Waals surface area (Å²) >= 11 is 0. The fraction of sp³-hybridized carbons (Fsp3) is 0.579. The van der Waals surface area contributed by atoms with Gasteiger partial charge in [0.1, 0.15) is 18.5 Å². The van der Waals surface area contributed by atoms with Crippen molar-refractivity contribution in [3.63, 3.8) is 0 Å². The van der Waals surface area contributed by atoms with Crippen LogP contribution in [0.15, 0.2) is 30.9 Å². The van der Waals surface area contributed by atoms with Gasteiger partial charge in [-0.05, 0) is 36.8 Å². The molecule has 26 heavy (non-hydrogen) atoms. The number of aromatic nitrogens is 3. The maximum Gasteiger partial charge on any atom is 0.167 e. The largest absolute Gasteiger partial charge is 0.491 e. The SMILES string of the molecule is CC(C)(C)C(O)(CCCCCOc1ccc(F)cc1F)Cn1cncn1. The molecule has 1 heterocycles. The first-order valence-corrected chi connectivity index (χ1v) is 8.84. The summed E-state index contributed by atoms with van der Waals surface area (Å²) in [4.78, 5) is 3.92. The lowest BCUT2D eigenvalue weighted by Crippen LogP contribution is -2.46. The zero-order valence-electron chi connectivity index (χ0n) is 15.6. The van der Waals surface area contributed by atoms with Crippen LogP contribution in [-0.2, 0) is 6.54 Å². The van der Waals surface area contributed by atoms with E-state index < -0.39 is 17.2 Å². The average Bonchev–Trinajstić information content (AvgIpc) is 3.04. The molecule has 0 radical (unpaired) electrons. The van der Waals surface area contributed by atoms with Crippen LogP contribution in [0.1, 0.15) is 46.5 Å². The molecular weight excluding hydrogens is 340 g/mol. The zero-order chi connectivity index (χ0) is 19.2. The highest BCUT2D eigenvalue weighted by atomic mass is 19.1. The predicted molar refractivity (Wildman–Crippen MR) is 94.7 cm³/mol. The molecule has 0 fully saturated rings. The van der Waals surface area contributed by atoms with Crippen LogP contribution in [0.2, 0.25) is 0 Å². The minimum atomic E-state index is -0.912. The van der Waals surface area contributed by atoms with Gasteiger partial charge in [-0.15, -0.1) is 0 Å². The summed E-state index contributed by atoms with van der Waals surface area (Å²) < 4.78 is 33.3. The molecule has 7 heteroatoms. The summed E-state index contributed by atoms with van der Waals surface area (Å²) in [6.45, 7) is 6.74. The first-order chi connectivity index (χ1) is 12.2. The van der Waals surface area contributed by atoms with Crippen LogP contribution < -0.4 is 4.74 Å². The van der Waals surface area contributed by atoms with Gasteiger partial charge in [0.25, 0.3) is 0 Å². The summed E-state index contributed by atoms with van der Waals surface area (Å²) in [5.41, 5.74) is -1.22. The second-order valence-corrected chi connectivity index (χ2v) is 7.61. The summed E-state index contributed by atoms with van der Waals surface area (Å²) in [6.07, 6.45) is 6.02. The van der Waals surface area contributed by atoms with Crippen molar-refractivity contribution in [2.24, 2.45) is 5.41 Å². The second kappa shape index (κ2) is 8.58. The van der Waals surface area contributed by atoms with Crippen LogP contribution in [0, 0.1) is 17.0 Å². The number of unbranched alkanes of at least 4 members (excludes halogenated alkanes) is 2. The summed E-state index contributed by atoms with van der Waals surface area (Å²) in [6, 6.07) is 3.27. The zero-order valence-corrected chi connectivity index (χ0v) is 15.6. The summed E-state index contributed by atoms with van der Waals surface area (Å²) in [5.74, 6) is -1.26. The van der Waals surface area contributed by atoms with Gasteiger partial charge >= 0.3 is 0 Å². The first-order valence-electron chi connectivity index (χ1n) is 8.84. The number of benzene rings is 1. The van der Waals surface area contributed by atoms with Crippen molar-refractivity contribution >= 4 is 0 Å². The lowest BCUT2D eigenvalue weighted by Gasteiger charge is -2.40. The van der Waals surface area contributed by atoms with Crippen molar-refractivity contribution in [3.8, 4) is 5.75 Å². The number of halogens is 2. The first kappa shape index (κ1) is 20.3. The van der Waals surface area contributed by atoms with Crippen LogP contribution in [0.4, 0.5) is 8.78 Å². The molecule has 0 amide bonds. The van der Waals surface area contributed by atoms with E-state index in [0.717, 1.165) is 25.3 Å². The Bertz CT molecular complexity index is 687. The fourth-order valence-corrected chi connectivity index (χ4v) is 2.74. The van der Waals surface area contributed by atoms with Crippen LogP contribution >= 0.6 is 0 Å². The molecule has 2 aromatic rings. The molecule has 1 atom stereocenters. The van der Waals surface area contributed by atoms with E-state index >= 15 is 0 Å². The van der Waals surface area contributed by atoms with E-state index in [1.165, 1.54) is 18.5 Å². The molecule has 1 unspecified atom stereocenters. The summed E-state index contributed by atoms with van der Waals surface area (Å²) in [5, 5.41) is 15.2. The third-order valence-corrected chi connectivity index (χ3v) is 4.67. The maximum atomic E-state index is 13.5. The highest BCUT2D eigenvalue weighted by Crippen LogP contribution is 2.36. The molecule has 0 saturated heterocycles. The van der Waals surface area contributed by atoms with E-state index in [4.69, 9.17) is 4.74 Å². The Kier molecular flexibility index (Phi) is 6.69. The molecule has 2 rings (SSSR count). The molecule has 1 N–H and O–H groups in total. The molecule has 1 aromatic heterocycles. The smallest absolute Gasteiger partial charge is 0.167 e. The van der Waals surface area contributed by atoms with Gasteiger partial charge in [0.15, 0.2) is 11.6 Å². The normalized spacial score (nSPS) is 14.2. The van der Waals surface area contributed by atoms with Gasteiger partial charge < -0.3 is 9.84 Å². The minimum absolute atomic E-state index is 0.0591. The Morgan fingerprint density at radius 1 is 1.15 bits per heavy atom. The molecule has 144 valence electrons. The van der Waals surface area contributed by atoms with Gasteiger partial charge in [-0.1, -0.05) is 27.2 Å². The molecule has 0 aliphatic carbocycles. The third-order valence-electron chi connectivity index (χ3n) is 4.67. The lowest BCUT2D eigenvalue weighted by atomic mass is 9.73. The number of ether oxygens (including phenoxy) is 1. The maximum absolute atomic E-state index is 13.5. The van der Waals surface area contributed by atoms with Crippen molar-refractivity contribution in [2.75, 3.05) is 6.61 Å². The number of hydrogen-bond acceptors (Lipinski definition) is 4. The number of rotatable bonds is 9. The summed E-state index contributed by atoms with van der Waals surface area (Å²) in [7, 11) is 0. The molecule has 1 aromatic carbocycles. The number of hydrogen-bond donors (Lipinski definition) is 1. The second-order valence-electron chi connectivity index (χ2n) is 7.61. The molecule has 0 aliphatic rings. The lowest BCUT2D eigenvalue weighted by molar-refractivity contribution is -0.0815. The van der Waals surface area contributed by atoms with Gasteiger partial charge in [0.05, 0.1) is 18.8 Å². The van der Waals surface area contributed by atoms with Gasteiger partial charge in [-0.25, -0.2) is 13.8 Å². The molecular formula is C19H27F2N3O2. The average molecular weight is 367 g/mol. The van der Waals surface area contributed by atoms with E-state index in [1.54, 1.807) is 11.0 Å². The highest BCUT2D eigenvalue weighted by Gasteiger charge is 2.40. The van der Waals surface area contributed by atoms with E-state index in [9.17, 15) is 13.9 Å². The Balaban J connectivity index is 1.77. The molecule has 0 aliphatic heterocycles. The van der Waals surface area contributed by atoms with E-state index in [2.05, 4.69) is 10.1 Å². The van der Waals surface area contributed by atoms with Gasteiger partial charge in [-0.3, -0.25) is 4.68 Å². The quantitative estimate of drug-likeness (QED) is 0.681. The van der Waals surface area contributed by atoms with Crippen LogP contribution in [-0.4, -0.2) is 32.1 Å². The minimum Gasteiger partial charge on any atom is -0.491 e. The topological polar surface area (TPSA) is 60.2 Å². The highest BCUT2D eigenvalue weighted by molar-refractivity contribution is 5.24. The van der Waals surface area contributed by atoms with Gasteiger partial charge in [0, 0.05) is 6.07 Å². The van der Waals surface area contributed by atoms with Gasteiger partial charge in [-0.2, -0.15) is 5.10 Å². The third kappa shape index (κ3) is 5.49.